The quantitative estimate of drug-likeness (QED) is 0.772. The monoisotopic (exact) mass is 268 g/mol. The lowest BCUT2D eigenvalue weighted by atomic mass is 9.92. The molecule has 2 heterocycles. The van der Waals surface area contributed by atoms with Crippen LogP contribution >= 0.6 is 0 Å². The van der Waals surface area contributed by atoms with Crippen LogP contribution in [0.4, 0.5) is 4.79 Å². The molecule has 2 unspecified atom stereocenters. The summed E-state index contributed by atoms with van der Waals surface area (Å²) in [5.74, 6) is -1.81. The van der Waals surface area contributed by atoms with Crippen molar-refractivity contribution in [3.05, 3.63) is 0 Å². The molecule has 2 aliphatic heterocycles. The van der Waals surface area contributed by atoms with Gasteiger partial charge in [-0.2, -0.15) is 0 Å². The molecule has 0 aromatic heterocycles. The molecule has 0 aromatic rings. The zero-order valence-corrected chi connectivity index (χ0v) is 11.3. The highest BCUT2D eigenvalue weighted by molar-refractivity contribution is 6.16. The van der Waals surface area contributed by atoms with E-state index in [0.717, 1.165) is 24.2 Å². The molecule has 0 aromatic carbocycles. The SMILES string of the molecule is CC(C)C1C(=O)NC(=O)N(CC2CCCCO2)C1=O. The third-order valence-corrected chi connectivity index (χ3v) is 3.62. The van der Waals surface area contributed by atoms with E-state index >= 15 is 0 Å². The van der Waals surface area contributed by atoms with Crippen LogP contribution in [0.5, 0.6) is 0 Å². The highest BCUT2D eigenvalue weighted by Gasteiger charge is 2.42. The number of carbonyl (C=O) groups is 3. The number of rotatable bonds is 3. The first kappa shape index (κ1) is 14.0. The summed E-state index contributed by atoms with van der Waals surface area (Å²) in [6, 6.07) is -0.624. The number of carbonyl (C=O) groups excluding carboxylic acids is 3. The number of hydrogen-bond donors (Lipinski definition) is 1. The molecule has 1 N–H and O–H groups in total. The molecule has 2 atom stereocenters. The van der Waals surface area contributed by atoms with Crippen molar-refractivity contribution in [2.75, 3.05) is 13.2 Å². The van der Waals surface area contributed by atoms with Gasteiger partial charge in [-0.05, 0) is 25.2 Å². The van der Waals surface area contributed by atoms with Crippen LogP contribution < -0.4 is 5.32 Å². The molecule has 0 spiro atoms. The van der Waals surface area contributed by atoms with Gasteiger partial charge in [-0.25, -0.2) is 4.79 Å². The molecule has 2 aliphatic rings. The Kier molecular flexibility index (Phi) is 4.19. The van der Waals surface area contributed by atoms with Crippen LogP contribution in [0.15, 0.2) is 0 Å². The van der Waals surface area contributed by atoms with Gasteiger partial charge in [0.1, 0.15) is 5.92 Å². The molecule has 0 saturated carbocycles. The van der Waals surface area contributed by atoms with Gasteiger partial charge in [0.2, 0.25) is 11.8 Å². The van der Waals surface area contributed by atoms with E-state index in [-0.39, 0.29) is 18.6 Å². The van der Waals surface area contributed by atoms with Crippen molar-refractivity contribution < 1.29 is 19.1 Å². The molecular formula is C13H20N2O4. The number of imide groups is 2. The predicted octanol–water partition coefficient (Wildman–Crippen LogP) is 0.906. The Morgan fingerprint density at radius 2 is 2.05 bits per heavy atom. The molecule has 6 heteroatoms. The molecule has 6 nitrogen and oxygen atoms in total. The molecule has 0 radical (unpaired) electrons. The average Bonchev–Trinajstić information content (AvgIpc) is 2.35. The van der Waals surface area contributed by atoms with Gasteiger partial charge < -0.3 is 4.74 Å². The van der Waals surface area contributed by atoms with Crippen molar-refractivity contribution in [3.8, 4) is 0 Å². The van der Waals surface area contributed by atoms with Crippen molar-refractivity contribution in [1.29, 1.82) is 0 Å². The van der Waals surface area contributed by atoms with Crippen molar-refractivity contribution in [2.24, 2.45) is 11.8 Å². The highest BCUT2D eigenvalue weighted by Crippen LogP contribution is 2.21. The minimum absolute atomic E-state index is 0.107. The van der Waals surface area contributed by atoms with Crippen LogP contribution in [-0.4, -0.2) is 42.0 Å². The van der Waals surface area contributed by atoms with Crippen LogP contribution in [0.2, 0.25) is 0 Å². The highest BCUT2D eigenvalue weighted by atomic mass is 16.5. The summed E-state index contributed by atoms with van der Waals surface area (Å²) in [7, 11) is 0. The van der Waals surface area contributed by atoms with Crippen LogP contribution in [0, 0.1) is 11.8 Å². The van der Waals surface area contributed by atoms with E-state index in [1.807, 2.05) is 0 Å². The number of urea groups is 1. The maximum absolute atomic E-state index is 12.3. The van der Waals surface area contributed by atoms with Crippen molar-refractivity contribution in [2.45, 2.75) is 39.2 Å². The number of nitrogens with zero attached hydrogens (tertiary/aromatic N) is 1. The van der Waals surface area contributed by atoms with E-state index < -0.39 is 23.8 Å². The maximum Gasteiger partial charge on any atom is 0.330 e. The average molecular weight is 268 g/mol. The molecule has 106 valence electrons. The van der Waals surface area contributed by atoms with Crippen LogP contribution in [0.1, 0.15) is 33.1 Å². The van der Waals surface area contributed by atoms with Crippen LogP contribution in [0.3, 0.4) is 0 Å². The Bertz CT molecular complexity index is 388. The second kappa shape index (κ2) is 5.69. The minimum atomic E-state index is -0.777. The fourth-order valence-corrected chi connectivity index (χ4v) is 2.55. The molecule has 0 bridgehead atoms. The Morgan fingerprint density at radius 1 is 1.32 bits per heavy atom. The van der Waals surface area contributed by atoms with Gasteiger partial charge >= 0.3 is 6.03 Å². The Labute approximate surface area is 112 Å². The third kappa shape index (κ3) is 2.94. The van der Waals surface area contributed by atoms with Crippen LogP contribution in [0.25, 0.3) is 0 Å². The van der Waals surface area contributed by atoms with Gasteiger partial charge in [-0.1, -0.05) is 13.8 Å². The molecule has 0 aliphatic carbocycles. The molecule has 4 amide bonds. The zero-order chi connectivity index (χ0) is 14.0. The van der Waals surface area contributed by atoms with Gasteiger partial charge in [0, 0.05) is 6.61 Å². The molecule has 19 heavy (non-hydrogen) atoms. The number of amides is 4. The summed E-state index contributed by atoms with van der Waals surface area (Å²) in [6.07, 6.45) is 2.80. The predicted molar refractivity (Wildman–Crippen MR) is 67.2 cm³/mol. The van der Waals surface area contributed by atoms with Gasteiger partial charge in [0.25, 0.3) is 0 Å². The van der Waals surface area contributed by atoms with Crippen molar-refractivity contribution in [3.63, 3.8) is 0 Å². The first-order chi connectivity index (χ1) is 9.00. The van der Waals surface area contributed by atoms with E-state index in [1.54, 1.807) is 13.8 Å². The largest absolute Gasteiger partial charge is 0.376 e. The van der Waals surface area contributed by atoms with E-state index in [2.05, 4.69) is 5.32 Å². The topological polar surface area (TPSA) is 75.7 Å². The maximum atomic E-state index is 12.3. The third-order valence-electron chi connectivity index (χ3n) is 3.62. The Balaban J connectivity index is 2.07. The zero-order valence-electron chi connectivity index (χ0n) is 11.3. The van der Waals surface area contributed by atoms with Crippen LogP contribution in [-0.2, 0) is 14.3 Å². The molecular weight excluding hydrogens is 248 g/mol. The van der Waals surface area contributed by atoms with Gasteiger partial charge in [-0.15, -0.1) is 0 Å². The lowest BCUT2D eigenvalue weighted by Crippen LogP contribution is -2.60. The van der Waals surface area contributed by atoms with Gasteiger partial charge in [-0.3, -0.25) is 19.8 Å². The summed E-state index contributed by atoms with van der Waals surface area (Å²) in [6.45, 7) is 4.50. The molecule has 2 fully saturated rings. The molecule has 2 rings (SSSR count). The fourth-order valence-electron chi connectivity index (χ4n) is 2.55. The second-order valence-electron chi connectivity index (χ2n) is 5.45. The first-order valence-corrected chi connectivity index (χ1v) is 6.78. The lowest BCUT2D eigenvalue weighted by Gasteiger charge is -2.34. The Morgan fingerprint density at radius 3 is 2.63 bits per heavy atom. The number of nitrogens with one attached hydrogen (secondary N) is 1. The minimum Gasteiger partial charge on any atom is -0.376 e. The first-order valence-electron chi connectivity index (χ1n) is 6.78. The second-order valence-corrected chi connectivity index (χ2v) is 5.45. The van der Waals surface area contributed by atoms with Crippen molar-refractivity contribution in [1.82, 2.24) is 10.2 Å². The number of ether oxygens (including phenoxy) is 1. The van der Waals surface area contributed by atoms with Crippen molar-refractivity contribution >= 4 is 17.8 Å². The standard InChI is InChI=1S/C13H20N2O4/c1-8(2)10-11(16)14-13(18)15(12(10)17)7-9-5-3-4-6-19-9/h8-10H,3-7H2,1-2H3,(H,14,16,18). The van der Waals surface area contributed by atoms with E-state index in [0.29, 0.717) is 6.61 Å². The van der Waals surface area contributed by atoms with Gasteiger partial charge in [0.05, 0.1) is 12.6 Å². The van der Waals surface area contributed by atoms with Gasteiger partial charge in [0.15, 0.2) is 0 Å². The lowest BCUT2D eigenvalue weighted by molar-refractivity contribution is -0.146. The molecule has 2 saturated heterocycles. The summed E-state index contributed by atoms with van der Waals surface area (Å²) >= 11 is 0. The summed E-state index contributed by atoms with van der Waals surface area (Å²) in [5.41, 5.74) is 0. The Hall–Kier alpha value is -1.43. The summed E-state index contributed by atoms with van der Waals surface area (Å²) in [5, 5.41) is 2.25. The van der Waals surface area contributed by atoms with E-state index in [9.17, 15) is 14.4 Å². The fraction of sp³-hybridized carbons (Fsp3) is 0.769. The van der Waals surface area contributed by atoms with E-state index in [4.69, 9.17) is 4.74 Å². The van der Waals surface area contributed by atoms with E-state index in [1.165, 1.54) is 0 Å². The number of hydrogen-bond acceptors (Lipinski definition) is 4. The summed E-state index contributed by atoms with van der Waals surface area (Å²) in [4.78, 5) is 36.8. The number of barbiturate groups is 1. The summed E-state index contributed by atoms with van der Waals surface area (Å²) < 4.78 is 5.54. The normalized spacial score (nSPS) is 28.8. The smallest absolute Gasteiger partial charge is 0.330 e.